The molecule has 0 spiro atoms. The highest BCUT2D eigenvalue weighted by Crippen LogP contribution is 2.40. The zero-order valence-corrected chi connectivity index (χ0v) is 11.1. The number of fused-ring (bicyclic) bond motifs is 1. The highest BCUT2D eigenvalue weighted by atomic mass is 35.5. The van der Waals surface area contributed by atoms with Crippen molar-refractivity contribution in [3.05, 3.63) is 29.1 Å². The van der Waals surface area contributed by atoms with Crippen LogP contribution in [0.1, 0.15) is 36.7 Å². The molecule has 1 aliphatic rings. The van der Waals surface area contributed by atoms with E-state index in [2.05, 4.69) is 5.32 Å². The topological polar surface area (TPSA) is 46.2 Å². The quantitative estimate of drug-likeness (QED) is 0.663. The van der Waals surface area contributed by atoms with Crippen LogP contribution in [0, 0.1) is 5.82 Å². The van der Waals surface area contributed by atoms with Gasteiger partial charge in [0, 0.05) is 5.56 Å². The molecule has 1 atom stereocenters. The Morgan fingerprint density at radius 2 is 2.06 bits per heavy atom. The molecule has 96 valence electrons. The first kappa shape index (κ1) is 13.0. The van der Waals surface area contributed by atoms with Gasteiger partial charge in [-0.3, -0.25) is 9.59 Å². The smallest absolute Gasteiger partial charge is 0.234 e. The van der Waals surface area contributed by atoms with E-state index in [0.717, 1.165) is 6.07 Å². The summed E-state index contributed by atoms with van der Waals surface area (Å²) in [5.41, 5.74) is 0.158. The predicted molar refractivity (Wildman–Crippen MR) is 67.7 cm³/mol. The van der Waals surface area contributed by atoms with Crippen molar-refractivity contribution in [3.8, 4) is 0 Å². The summed E-state index contributed by atoms with van der Waals surface area (Å²) in [5, 5.41) is 1.87. The number of hydrogen-bond donors (Lipinski definition) is 1. The highest BCUT2D eigenvalue weighted by Gasteiger charge is 2.41. The molecule has 1 heterocycles. The van der Waals surface area contributed by atoms with Crippen molar-refractivity contribution in [2.75, 3.05) is 5.32 Å². The lowest BCUT2D eigenvalue weighted by Crippen LogP contribution is -2.26. The Balaban J connectivity index is 2.67. The van der Waals surface area contributed by atoms with E-state index >= 15 is 0 Å². The van der Waals surface area contributed by atoms with Gasteiger partial charge >= 0.3 is 0 Å². The van der Waals surface area contributed by atoms with Crippen LogP contribution >= 0.6 is 11.6 Å². The van der Waals surface area contributed by atoms with Gasteiger partial charge in [-0.1, -0.05) is 0 Å². The van der Waals surface area contributed by atoms with Gasteiger partial charge in [-0.15, -0.1) is 11.6 Å². The molecule has 5 heteroatoms. The lowest BCUT2D eigenvalue weighted by atomic mass is 9.85. The number of anilines is 1. The van der Waals surface area contributed by atoms with Gasteiger partial charge in [0.2, 0.25) is 5.91 Å². The zero-order valence-electron chi connectivity index (χ0n) is 10.3. The molecule has 1 unspecified atom stereocenters. The predicted octanol–water partition coefficient (Wildman–Crippen LogP) is 2.87. The van der Waals surface area contributed by atoms with Crippen LogP contribution in [0.2, 0.25) is 0 Å². The maximum atomic E-state index is 13.6. The van der Waals surface area contributed by atoms with Crippen molar-refractivity contribution in [1.82, 2.24) is 0 Å². The first-order chi connectivity index (χ1) is 8.25. The second kappa shape index (κ2) is 4.05. The molecule has 0 radical (unpaired) electrons. The molecule has 0 bridgehead atoms. The average Bonchev–Trinajstić information content (AvgIpc) is 2.49. The van der Waals surface area contributed by atoms with E-state index in [4.69, 9.17) is 11.6 Å². The van der Waals surface area contributed by atoms with E-state index in [1.807, 2.05) is 0 Å². The van der Waals surface area contributed by atoms with E-state index < -0.39 is 22.4 Å². The van der Waals surface area contributed by atoms with E-state index in [1.54, 1.807) is 13.8 Å². The van der Waals surface area contributed by atoms with Crippen molar-refractivity contribution in [2.24, 2.45) is 0 Å². The molecule has 1 amide bonds. The van der Waals surface area contributed by atoms with Crippen molar-refractivity contribution >= 4 is 29.0 Å². The van der Waals surface area contributed by atoms with E-state index in [0.29, 0.717) is 11.3 Å². The molecule has 1 aromatic rings. The Morgan fingerprint density at radius 3 is 2.61 bits per heavy atom. The summed E-state index contributed by atoms with van der Waals surface area (Å²) < 4.78 is 13.6. The number of hydrogen-bond acceptors (Lipinski definition) is 2. The highest BCUT2D eigenvalue weighted by molar-refractivity contribution is 6.34. The lowest BCUT2D eigenvalue weighted by molar-refractivity contribution is -0.119. The average molecular weight is 270 g/mol. The van der Waals surface area contributed by atoms with Gasteiger partial charge in [-0.05, 0) is 38.5 Å². The van der Waals surface area contributed by atoms with E-state index in [-0.39, 0.29) is 11.5 Å². The second-order valence-electron chi connectivity index (χ2n) is 4.94. The third kappa shape index (κ3) is 1.81. The molecule has 0 saturated heterocycles. The molecule has 1 aliphatic heterocycles. The molecule has 1 aromatic carbocycles. The van der Waals surface area contributed by atoms with E-state index in [9.17, 15) is 14.0 Å². The standard InChI is InChI=1S/C13H13ClFNO2/c1-6(14)11(17)8-4-7(15)5-9-10(8)16-12(18)13(9,2)3/h4-6H,1-3H3,(H,16,18). The van der Waals surface area contributed by atoms with Crippen molar-refractivity contribution in [2.45, 2.75) is 31.6 Å². The Labute approximate surface area is 109 Å². The minimum atomic E-state index is -0.845. The monoisotopic (exact) mass is 269 g/mol. The normalized spacial score (nSPS) is 18.2. The fourth-order valence-corrected chi connectivity index (χ4v) is 2.15. The number of carbonyl (C=O) groups excluding carboxylic acids is 2. The molecule has 1 N–H and O–H groups in total. The number of amides is 1. The Morgan fingerprint density at radius 1 is 1.44 bits per heavy atom. The Kier molecular flexibility index (Phi) is 2.93. The summed E-state index contributed by atoms with van der Waals surface area (Å²) >= 11 is 5.74. The van der Waals surface area contributed by atoms with Crippen LogP contribution in [0.25, 0.3) is 0 Å². The SMILES string of the molecule is CC(Cl)C(=O)c1cc(F)cc2c1NC(=O)C2(C)C. The van der Waals surface area contributed by atoms with Crippen LogP contribution in [-0.4, -0.2) is 17.1 Å². The van der Waals surface area contributed by atoms with Gasteiger partial charge in [-0.2, -0.15) is 0 Å². The molecule has 18 heavy (non-hydrogen) atoms. The summed E-state index contributed by atoms with van der Waals surface area (Å²) in [5.74, 6) is -1.19. The van der Waals surface area contributed by atoms with Gasteiger partial charge in [-0.25, -0.2) is 4.39 Å². The number of carbonyl (C=O) groups is 2. The third-order valence-electron chi connectivity index (χ3n) is 3.21. The number of Topliss-reactive ketones (excluding diaryl/α,β-unsaturated/α-hetero) is 1. The van der Waals surface area contributed by atoms with E-state index in [1.165, 1.54) is 13.0 Å². The van der Waals surface area contributed by atoms with Crippen molar-refractivity contribution < 1.29 is 14.0 Å². The molecule has 0 saturated carbocycles. The summed E-state index contributed by atoms with van der Waals surface area (Å²) in [6.45, 7) is 4.89. The molecule has 0 aliphatic carbocycles. The number of nitrogens with one attached hydrogen (secondary N) is 1. The minimum absolute atomic E-state index is 0.131. The lowest BCUT2D eigenvalue weighted by Gasteiger charge is -2.15. The van der Waals surface area contributed by atoms with Crippen LogP contribution in [0.5, 0.6) is 0 Å². The van der Waals surface area contributed by atoms with Gasteiger partial charge in [0.1, 0.15) is 5.82 Å². The summed E-state index contributed by atoms with van der Waals surface area (Å²) in [7, 11) is 0. The minimum Gasteiger partial charge on any atom is -0.324 e. The number of ketones is 1. The summed E-state index contributed by atoms with van der Waals surface area (Å²) in [6.07, 6.45) is 0. The van der Waals surface area contributed by atoms with Crippen LogP contribution in [-0.2, 0) is 10.2 Å². The largest absolute Gasteiger partial charge is 0.324 e. The third-order valence-corrected chi connectivity index (χ3v) is 3.41. The second-order valence-corrected chi connectivity index (χ2v) is 5.59. The number of rotatable bonds is 2. The number of benzene rings is 1. The first-order valence-electron chi connectivity index (χ1n) is 5.59. The van der Waals surface area contributed by atoms with Gasteiger partial charge in [0.15, 0.2) is 5.78 Å². The van der Waals surface area contributed by atoms with Gasteiger partial charge in [0.25, 0.3) is 0 Å². The van der Waals surface area contributed by atoms with Crippen LogP contribution in [0.4, 0.5) is 10.1 Å². The fourth-order valence-electron chi connectivity index (χ4n) is 2.04. The maximum absolute atomic E-state index is 13.6. The molecule has 0 aromatic heterocycles. The molecule has 2 rings (SSSR count). The fraction of sp³-hybridized carbons (Fsp3) is 0.385. The first-order valence-corrected chi connectivity index (χ1v) is 6.02. The Bertz CT molecular complexity index is 552. The maximum Gasteiger partial charge on any atom is 0.234 e. The number of halogens is 2. The van der Waals surface area contributed by atoms with Crippen LogP contribution in [0.15, 0.2) is 12.1 Å². The Hall–Kier alpha value is -1.42. The molecule has 0 fully saturated rings. The molecular weight excluding hydrogens is 257 g/mol. The van der Waals surface area contributed by atoms with Crippen molar-refractivity contribution in [1.29, 1.82) is 0 Å². The van der Waals surface area contributed by atoms with Crippen molar-refractivity contribution in [3.63, 3.8) is 0 Å². The van der Waals surface area contributed by atoms with Gasteiger partial charge in [0.05, 0.1) is 16.5 Å². The summed E-state index contributed by atoms with van der Waals surface area (Å²) in [4.78, 5) is 23.8. The molecule has 3 nitrogen and oxygen atoms in total. The van der Waals surface area contributed by atoms with Gasteiger partial charge < -0.3 is 5.32 Å². The van der Waals surface area contributed by atoms with Crippen LogP contribution < -0.4 is 5.32 Å². The number of alkyl halides is 1. The molecular formula is C13H13ClFNO2. The van der Waals surface area contributed by atoms with Crippen LogP contribution in [0.3, 0.4) is 0 Å². The zero-order chi connectivity index (χ0) is 13.7. The summed E-state index contributed by atoms with van der Waals surface area (Å²) in [6, 6.07) is 2.39.